The first-order valence-corrected chi connectivity index (χ1v) is 16.1. The van der Waals surface area contributed by atoms with E-state index in [4.69, 9.17) is 37.9 Å². The average Bonchev–Trinajstić information content (AvgIpc) is 3.83. The van der Waals surface area contributed by atoms with Crippen LogP contribution in [0.4, 0.5) is 0 Å². The number of fused-ring (bicyclic) bond motifs is 4. The molecule has 244 valence electrons. The average molecular weight is 608 g/mol. The molecule has 1 aromatic rings. The van der Waals surface area contributed by atoms with Crippen LogP contribution in [0.3, 0.4) is 0 Å². The molecular weight excluding hydrogens is 554 g/mol. The zero-order valence-electron chi connectivity index (χ0n) is 26.5. The highest BCUT2D eigenvalue weighted by Crippen LogP contribution is 2.50. The SMILES string of the molecule is COCCOCCOCCOCCOCCOCCOCCOc1ccc2c(c1)[C@@]1(C)CCN(CC3CC3)[C@H](C2=O)[C@@H]1C. The number of ketones is 1. The Kier molecular flexibility index (Phi) is 14.6. The molecule has 3 aliphatic rings. The summed E-state index contributed by atoms with van der Waals surface area (Å²) in [5, 5.41) is 0. The Morgan fingerprint density at radius 1 is 0.767 bits per heavy atom. The molecule has 0 spiro atoms. The molecule has 0 amide bonds. The van der Waals surface area contributed by atoms with Crippen LogP contribution in [0.5, 0.6) is 5.75 Å². The summed E-state index contributed by atoms with van der Waals surface area (Å²) in [5.74, 6) is 2.17. The molecule has 1 saturated heterocycles. The number of hydrogen-bond donors (Lipinski definition) is 0. The summed E-state index contributed by atoms with van der Waals surface area (Å²) in [6.45, 7) is 14.0. The van der Waals surface area contributed by atoms with Crippen molar-refractivity contribution in [3.05, 3.63) is 29.3 Å². The first kappa shape index (κ1) is 34.2. The van der Waals surface area contributed by atoms with Gasteiger partial charge in [0, 0.05) is 19.2 Å². The predicted molar refractivity (Wildman–Crippen MR) is 162 cm³/mol. The fourth-order valence-electron chi connectivity index (χ4n) is 6.04. The molecule has 0 aromatic heterocycles. The number of ether oxygens (including phenoxy) is 8. The van der Waals surface area contributed by atoms with Gasteiger partial charge < -0.3 is 37.9 Å². The van der Waals surface area contributed by atoms with Gasteiger partial charge in [-0.2, -0.15) is 0 Å². The van der Waals surface area contributed by atoms with E-state index in [0.717, 1.165) is 42.3 Å². The number of likely N-dealkylation sites (tertiary alicyclic amines) is 1. The molecule has 1 heterocycles. The van der Waals surface area contributed by atoms with Gasteiger partial charge in [0.2, 0.25) is 0 Å². The molecule has 10 heteroatoms. The highest BCUT2D eigenvalue weighted by molar-refractivity contribution is 6.03. The highest BCUT2D eigenvalue weighted by Gasteiger charge is 2.53. The largest absolute Gasteiger partial charge is 0.491 e. The first-order chi connectivity index (χ1) is 21.0. The molecule has 2 aliphatic carbocycles. The van der Waals surface area contributed by atoms with Crippen LogP contribution in [0.2, 0.25) is 0 Å². The topological polar surface area (TPSA) is 94.2 Å². The van der Waals surface area contributed by atoms with E-state index in [-0.39, 0.29) is 17.2 Å². The number of methoxy groups -OCH3 is 1. The van der Waals surface area contributed by atoms with E-state index in [1.807, 2.05) is 12.1 Å². The van der Waals surface area contributed by atoms with Crippen molar-refractivity contribution in [2.45, 2.75) is 44.6 Å². The van der Waals surface area contributed by atoms with Crippen molar-refractivity contribution in [2.75, 3.05) is 113 Å². The Labute approximate surface area is 257 Å². The second kappa shape index (κ2) is 18.4. The number of benzene rings is 1. The van der Waals surface area contributed by atoms with Gasteiger partial charge in [-0.1, -0.05) is 13.8 Å². The van der Waals surface area contributed by atoms with Crippen LogP contribution in [-0.2, 0) is 38.6 Å². The van der Waals surface area contributed by atoms with Crippen molar-refractivity contribution in [3.8, 4) is 5.75 Å². The van der Waals surface area contributed by atoms with E-state index in [2.05, 4.69) is 24.8 Å². The third-order valence-corrected chi connectivity index (χ3v) is 8.91. The Balaban J connectivity index is 0.989. The molecular formula is C33H53NO9. The van der Waals surface area contributed by atoms with Gasteiger partial charge in [0.05, 0.1) is 91.9 Å². The number of piperidine rings is 1. The number of carbonyl (C=O) groups is 1. The molecule has 0 radical (unpaired) electrons. The van der Waals surface area contributed by atoms with Crippen LogP contribution in [0.1, 0.15) is 49.0 Å². The van der Waals surface area contributed by atoms with Crippen molar-refractivity contribution in [1.82, 2.24) is 4.90 Å². The lowest BCUT2D eigenvalue weighted by atomic mass is 9.58. The zero-order chi connectivity index (χ0) is 30.3. The third kappa shape index (κ3) is 10.5. The van der Waals surface area contributed by atoms with Gasteiger partial charge in [-0.05, 0) is 66.8 Å². The van der Waals surface area contributed by atoms with Crippen LogP contribution in [-0.4, -0.2) is 129 Å². The van der Waals surface area contributed by atoms with E-state index in [0.29, 0.717) is 98.4 Å². The lowest BCUT2D eigenvalue weighted by molar-refractivity contribution is -0.0199. The number of hydrogen-bond acceptors (Lipinski definition) is 10. The van der Waals surface area contributed by atoms with Crippen molar-refractivity contribution in [2.24, 2.45) is 11.8 Å². The molecule has 1 saturated carbocycles. The molecule has 3 atom stereocenters. The molecule has 1 aromatic carbocycles. The summed E-state index contributed by atoms with van der Waals surface area (Å²) in [5.41, 5.74) is 2.02. The minimum absolute atomic E-state index is 0.00692. The first-order valence-electron chi connectivity index (χ1n) is 16.1. The van der Waals surface area contributed by atoms with Crippen molar-refractivity contribution in [3.63, 3.8) is 0 Å². The number of nitrogens with zero attached hydrogens (tertiary/aromatic N) is 1. The van der Waals surface area contributed by atoms with Gasteiger partial charge in [-0.3, -0.25) is 9.69 Å². The van der Waals surface area contributed by atoms with Gasteiger partial charge in [-0.25, -0.2) is 0 Å². The smallest absolute Gasteiger partial charge is 0.180 e. The fraction of sp³-hybridized carbons (Fsp3) is 0.788. The maximum atomic E-state index is 13.5. The van der Waals surface area contributed by atoms with Gasteiger partial charge in [0.1, 0.15) is 12.4 Å². The normalized spacial score (nSPS) is 23.5. The van der Waals surface area contributed by atoms with E-state index in [9.17, 15) is 4.79 Å². The van der Waals surface area contributed by atoms with Crippen LogP contribution in [0.15, 0.2) is 18.2 Å². The van der Waals surface area contributed by atoms with Crippen molar-refractivity contribution < 1.29 is 42.7 Å². The second-order valence-corrected chi connectivity index (χ2v) is 11.9. The highest BCUT2D eigenvalue weighted by atomic mass is 16.6. The van der Waals surface area contributed by atoms with Crippen molar-refractivity contribution >= 4 is 5.78 Å². The monoisotopic (exact) mass is 607 g/mol. The second-order valence-electron chi connectivity index (χ2n) is 11.9. The maximum Gasteiger partial charge on any atom is 0.180 e. The quantitative estimate of drug-likeness (QED) is 0.163. The fourth-order valence-corrected chi connectivity index (χ4v) is 6.04. The lowest BCUT2D eigenvalue weighted by Crippen LogP contribution is -2.61. The van der Waals surface area contributed by atoms with Gasteiger partial charge >= 0.3 is 0 Å². The Hall–Kier alpha value is -1.63. The standard InChI is InChI=1S/C33H53NO9/c1-26-31-32(35)29-7-6-28(24-30(29)33(26,2)8-9-34(31)25-27-4-5-27)43-23-22-42-21-20-41-19-18-40-17-16-39-15-14-38-13-12-37-11-10-36-3/h6-7,24,26-27,31H,4-5,8-23,25H2,1-3H3/t26-,31-,33-/m0/s1. The molecule has 2 fully saturated rings. The summed E-state index contributed by atoms with van der Waals surface area (Å²) in [4.78, 5) is 16.0. The van der Waals surface area contributed by atoms with Gasteiger partial charge in [0.15, 0.2) is 5.78 Å². The summed E-state index contributed by atoms with van der Waals surface area (Å²) in [6.07, 6.45) is 3.70. The number of carbonyl (C=O) groups excluding carboxylic acids is 1. The van der Waals surface area contributed by atoms with Crippen LogP contribution >= 0.6 is 0 Å². The summed E-state index contributed by atoms with van der Waals surface area (Å²) in [7, 11) is 1.65. The number of rotatable bonds is 24. The minimum Gasteiger partial charge on any atom is -0.491 e. The molecule has 2 bridgehead atoms. The van der Waals surface area contributed by atoms with Crippen LogP contribution < -0.4 is 4.74 Å². The van der Waals surface area contributed by atoms with E-state index < -0.39 is 0 Å². The van der Waals surface area contributed by atoms with Gasteiger partial charge in [-0.15, -0.1) is 0 Å². The number of Topliss-reactive ketones (excluding diaryl/α,β-unsaturated/α-hetero) is 1. The lowest BCUT2D eigenvalue weighted by Gasteiger charge is -2.53. The van der Waals surface area contributed by atoms with Gasteiger partial charge in [0.25, 0.3) is 0 Å². The predicted octanol–water partition coefficient (Wildman–Crippen LogP) is 3.39. The molecule has 4 rings (SSSR count). The maximum absolute atomic E-state index is 13.5. The van der Waals surface area contributed by atoms with Crippen LogP contribution in [0.25, 0.3) is 0 Å². The van der Waals surface area contributed by atoms with E-state index >= 15 is 0 Å². The Morgan fingerprint density at radius 2 is 1.28 bits per heavy atom. The van der Waals surface area contributed by atoms with Crippen molar-refractivity contribution in [1.29, 1.82) is 0 Å². The summed E-state index contributed by atoms with van der Waals surface area (Å²) >= 11 is 0. The molecule has 1 aliphatic heterocycles. The van der Waals surface area contributed by atoms with E-state index in [1.54, 1.807) is 7.11 Å². The third-order valence-electron chi connectivity index (χ3n) is 8.91. The molecule has 0 unspecified atom stereocenters. The molecule has 10 nitrogen and oxygen atoms in total. The Bertz CT molecular complexity index is 958. The summed E-state index contributed by atoms with van der Waals surface area (Å²) in [6, 6.07) is 6.02. The molecule has 43 heavy (non-hydrogen) atoms. The molecule has 0 N–H and O–H groups in total. The van der Waals surface area contributed by atoms with Crippen LogP contribution in [0, 0.1) is 11.8 Å². The zero-order valence-corrected chi connectivity index (χ0v) is 26.5. The minimum atomic E-state index is -0.00692. The summed E-state index contributed by atoms with van der Waals surface area (Å²) < 4.78 is 43.8. The van der Waals surface area contributed by atoms with E-state index in [1.165, 1.54) is 12.8 Å². The Morgan fingerprint density at radius 3 is 1.79 bits per heavy atom.